The normalized spacial score (nSPS) is 25.5. The van der Waals surface area contributed by atoms with Crippen molar-refractivity contribution < 1.29 is 18.6 Å². The Morgan fingerprint density at radius 3 is 2.87 bits per heavy atom. The first-order valence-corrected chi connectivity index (χ1v) is 10.6. The van der Waals surface area contributed by atoms with Crippen LogP contribution in [-0.4, -0.2) is 62.3 Å². The second-order valence-corrected chi connectivity index (χ2v) is 8.19. The van der Waals surface area contributed by atoms with Crippen molar-refractivity contribution in [1.29, 1.82) is 0 Å². The highest BCUT2D eigenvalue weighted by Crippen LogP contribution is 2.34. The number of nitrogens with one attached hydrogen (secondary N) is 2. The molecule has 8 heteroatoms. The smallest absolute Gasteiger partial charge is 0.295 e. The molecule has 0 aromatic carbocycles. The summed E-state index contributed by atoms with van der Waals surface area (Å²) in [7, 11) is 1.64. The van der Waals surface area contributed by atoms with Crippen LogP contribution >= 0.6 is 0 Å². The van der Waals surface area contributed by atoms with Gasteiger partial charge in [0.15, 0.2) is 0 Å². The Bertz CT molecular complexity index is 867. The van der Waals surface area contributed by atoms with Crippen LogP contribution in [0.15, 0.2) is 63.4 Å². The van der Waals surface area contributed by atoms with E-state index in [1.807, 2.05) is 6.92 Å². The minimum absolute atomic E-state index is 0.0543. The zero-order chi connectivity index (χ0) is 22.6. The van der Waals surface area contributed by atoms with Crippen molar-refractivity contribution in [1.82, 2.24) is 10.6 Å². The van der Waals surface area contributed by atoms with Gasteiger partial charge in [0.1, 0.15) is 18.4 Å². The molecule has 3 rings (SSSR count). The highest BCUT2D eigenvalue weighted by Gasteiger charge is 2.35. The summed E-state index contributed by atoms with van der Waals surface area (Å²) in [6.45, 7) is 4.65. The van der Waals surface area contributed by atoms with E-state index in [0.29, 0.717) is 18.8 Å². The van der Waals surface area contributed by atoms with Crippen LogP contribution in [0.2, 0.25) is 0 Å². The fourth-order valence-corrected chi connectivity index (χ4v) is 4.12. The molecule has 31 heavy (non-hydrogen) atoms. The number of ether oxygens (including phenoxy) is 1. The Balaban J connectivity index is 1.74. The van der Waals surface area contributed by atoms with Crippen LogP contribution in [-0.2, 0) is 4.74 Å². The molecule has 0 spiro atoms. The first kappa shape index (κ1) is 23.4. The van der Waals surface area contributed by atoms with Crippen LogP contribution in [0.1, 0.15) is 20.3 Å². The van der Waals surface area contributed by atoms with E-state index < -0.39 is 12.5 Å². The summed E-state index contributed by atoms with van der Waals surface area (Å²) >= 11 is 0. The molecule has 6 nitrogen and oxygen atoms in total. The lowest BCUT2D eigenvalue weighted by Gasteiger charge is -2.27. The lowest BCUT2D eigenvalue weighted by molar-refractivity contribution is -0.0135. The molecule has 3 unspecified atom stereocenters. The van der Waals surface area contributed by atoms with Crippen molar-refractivity contribution in [3.8, 4) is 0 Å². The van der Waals surface area contributed by atoms with Gasteiger partial charge in [0.05, 0.1) is 12.9 Å². The van der Waals surface area contributed by atoms with Crippen LogP contribution < -0.4 is 16.4 Å². The number of nitrogens with two attached hydrogens (primary N) is 1. The second kappa shape index (κ2) is 9.89. The fourth-order valence-electron chi connectivity index (χ4n) is 4.12. The minimum atomic E-state index is -3.23. The molecule has 0 saturated carbocycles. The van der Waals surface area contributed by atoms with E-state index in [9.17, 15) is 8.78 Å². The summed E-state index contributed by atoms with van der Waals surface area (Å²) < 4.78 is 33.5. The van der Waals surface area contributed by atoms with Gasteiger partial charge in [-0.15, -0.1) is 0 Å². The summed E-state index contributed by atoms with van der Waals surface area (Å²) in [6, 6.07) is -0.358. The average Bonchev–Trinajstić information content (AvgIpc) is 3.39. The maximum Gasteiger partial charge on any atom is 0.295 e. The number of hydrogen-bond donors (Lipinski definition) is 4. The molecule has 3 atom stereocenters. The molecule has 0 saturated heterocycles. The summed E-state index contributed by atoms with van der Waals surface area (Å²) in [4.78, 5) is 4.58. The molecule has 1 heterocycles. The summed E-state index contributed by atoms with van der Waals surface area (Å²) in [5.74, 6) is -2.09. The van der Waals surface area contributed by atoms with E-state index in [-0.39, 0.29) is 23.6 Å². The van der Waals surface area contributed by atoms with E-state index in [1.54, 1.807) is 26.2 Å². The van der Waals surface area contributed by atoms with Crippen molar-refractivity contribution in [2.24, 2.45) is 16.6 Å². The molecule has 0 fully saturated rings. The lowest BCUT2D eigenvalue weighted by atomic mass is 9.88. The molecule has 1 aliphatic heterocycles. The molecule has 0 aromatic rings. The third kappa shape index (κ3) is 5.31. The van der Waals surface area contributed by atoms with E-state index in [4.69, 9.17) is 15.6 Å². The molecule has 0 aromatic heterocycles. The molecule has 3 aliphatic rings. The zero-order valence-electron chi connectivity index (χ0n) is 18.3. The monoisotopic (exact) mass is 434 g/mol. The van der Waals surface area contributed by atoms with Gasteiger partial charge in [-0.05, 0) is 43.4 Å². The number of hydrogen-bond acceptors (Lipinski definition) is 5. The van der Waals surface area contributed by atoms with Gasteiger partial charge in [-0.1, -0.05) is 24.3 Å². The van der Waals surface area contributed by atoms with Gasteiger partial charge in [-0.3, -0.25) is 4.99 Å². The van der Waals surface area contributed by atoms with Gasteiger partial charge in [-0.2, -0.15) is 8.78 Å². The molecule has 0 amide bonds. The van der Waals surface area contributed by atoms with Crippen molar-refractivity contribution in [2.75, 3.05) is 33.4 Å². The summed E-state index contributed by atoms with van der Waals surface area (Å²) in [5, 5.41) is 15.7. The third-order valence-corrected chi connectivity index (χ3v) is 5.89. The number of aliphatic hydroxyl groups excluding tert-OH is 1. The molecular formula is C23H32F2N4O2. The number of alkyl halides is 2. The van der Waals surface area contributed by atoms with Crippen LogP contribution in [0, 0.1) is 5.92 Å². The molecular weight excluding hydrogens is 402 g/mol. The van der Waals surface area contributed by atoms with Gasteiger partial charge in [0, 0.05) is 36.8 Å². The minimum Gasteiger partial charge on any atom is -0.498 e. The van der Waals surface area contributed by atoms with Crippen LogP contribution in [0.3, 0.4) is 0 Å². The fraction of sp³-hybridized carbons (Fsp3) is 0.522. The molecule has 0 radical (unpaired) electrons. The van der Waals surface area contributed by atoms with E-state index in [0.717, 1.165) is 30.0 Å². The highest BCUT2D eigenvalue weighted by molar-refractivity contribution is 5.78. The van der Waals surface area contributed by atoms with Crippen molar-refractivity contribution >= 4 is 5.84 Å². The topological polar surface area (TPSA) is 91.9 Å². The Labute approximate surface area is 182 Å². The van der Waals surface area contributed by atoms with E-state index in [2.05, 4.69) is 27.8 Å². The quantitative estimate of drug-likeness (QED) is 0.330. The first-order chi connectivity index (χ1) is 14.8. The Kier molecular flexibility index (Phi) is 7.46. The third-order valence-electron chi connectivity index (χ3n) is 5.89. The maximum atomic E-state index is 13.9. The van der Waals surface area contributed by atoms with Crippen LogP contribution in [0.5, 0.6) is 0 Å². The van der Waals surface area contributed by atoms with Gasteiger partial charge >= 0.3 is 0 Å². The SMILES string of the molecule is COC1=C(C2=CCNC2)C=C(CNC(C)C2C=C(C(F)(F)CO)C=CC2)C1N=C(C)N. The molecule has 5 N–H and O–H groups in total. The van der Waals surface area contributed by atoms with Crippen molar-refractivity contribution in [2.45, 2.75) is 38.3 Å². The zero-order valence-corrected chi connectivity index (χ0v) is 18.3. The standard InChI is InChI=1S/C23H32F2N4O2/c1-14(16-5-4-6-19(9-16)23(24,25)13-30)28-12-18-10-20(17-7-8-27-11-17)22(31-3)21(18)29-15(2)26/h4,6-7,9-10,14,16,21,27-28,30H,5,8,11-13H2,1-3H3,(H2,26,29). The van der Waals surface area contributed by atoms with E-state index >= 15 is 0 Å². The van der Waals surface area contributed by atoms with Crippen LogP contribution in [0.4, 0.5) is 8.78 Å². The second-order valence-electron chi connectivity index (χ2n) is 8.19. The number of halogens is 2. The number of allylic oxidation sites excluding steroid dienone is 3. The van der Waals surface area contributed by atoms with E-state index in [1.165, 1.54) is 11.6 Å². The highest BCUT2D eigenvalue weighted by atomic mass is 19.3. The average molecular weight is 435 g/mol. The predicted octanol–water partition coefficient (Wildman–Crippen LogP) is 2.21. The molecule has 2 aliphatic carbocycles. The number of rotatable bonds is 9. The number of nitrogens with zero attached hydrogens (tertiary/aromatic N) is 1. The van der Waals surface area contributed by atoms with Gasteiger partial charge in [-0.25, -0.2) is 0 Å². The number of aliphatic imine (C=N–C) groups is 1. The van der Waals surface area contributed by atoms with Crippen molar-refractivity contribution in [3.63, 3.8) is 0 Å². The number of aliphatic hydroxyl groups is 1. The van der Waals surface area contributed by atoms with Crippen molar-refractivity contribution in [3.05, 3.63) is 58.4 Å². The number of amidine groups is 1. The summed E-state index contributed by atoms with van der Waals surface area (Å²) in [5.41, 5.74) is 8.97. The van der Waals surface area contributed by atoms with Gasteiger partial charge in [0.25, 0.3) is 5.92 Å². The van der Waals surface area contributed by atoms with Gasteiger partial charge in [0.2, 0.25) is 0 Å². The predicted molar refractivity (Wildman–Crippen MR) is 119 cm³/mol. The Morgan fingerprint density at radius 1 is 1.48 bits per heavy atom. The van der Waals surface area contributed by atoms with Crippen LogP contribution in [0.25, 0.3) is 0 Å². The molecule has 0 bridgehead atoms. The Hall–Kier alpha value is -2.29. The Morgan fingerprint density at radius 2 is 2.26 bits per heavy atom. The first-order valence-electron chi connectivity index (χ1n) is 10.6. The maximum absolute atomic E-state index is 13.9. The number of methoxy groups -OCH3 is 1. The lowest BCUT2D eigenvalue weighted by Crippen LogP contribution is -2.37. The largest absolute Gasteiger partial charge is 0.498 e. The summed E-state index contributed by atoms with van der Waals surface area (Å²) in [6.07, 6.45) is 9.60. The van der Waals surface area contributed by atoms with Gasteiger partial charge < -0.3 is 26.2 Å². The molecule has 170 valence electrons.